The third-order valence-corrected chi connectivity index (χ3v) is 2.83. The zero-order chi connectivity index (χ0) is 14.2. The van der Waals surface area contributed by atoms with Gasteiger partial charge in [-0.05, 0) is 19.3 Å². The molecule has 119 valence electrons. The van der Waals surface area contributed by atoms with E-state index in [1.807, 2.05) is 0 Å². The molecule has 0 rings (SSSR count). The number of nitrogens with zero attached hydrogens (tertiary/aromatic N) is 1. The van der Waals surface area contributed by atoms with Gasteiger partial charge in [0.15, 0.2) is 0 Å². The standard InChI is InChI=1S/C15H33NO3.B/c1-4-7-10-13-17-16(18-14-11-8-5-2)19-15-12-9-6-3;/h4-15H2,1-3H3;. The lowest BCUT2D eigenvalue weighted by Crippen LogP contribution is -2.26. The topological polar surface area (TPSA) is 30.9 Å². The molecule has 0 saturated carbocycles. The second-order valence-electron chi connectivity index (χ2n) is 4.84. The van der Waals surface area contributed by atoms with Gasteiger partial charge in [-0.1, -0.05) is 59.3 Å². The molecule has 3 radical (unpaired) electrons. The fourth-order valence-electron chi connectivity index (χ4n) is 1.59. The number of rotatable bonds is 15. The van der Waals surface area contributed by atoms with E-state index in [1.54, 1.807) is 0 Å². The molecule has 20 heavy (non-hydrogen) atoms. The maximum atomic E-state index is 5.49. The quantitative estimate of drug-likeness (QED) is 0.255. The summed E-state index contributed by atoms with van der Waals surface area (Å²) in [5.41, 5.74) is 0. The van der Waals surface area contributed by atoms with Crippen molar-refractivity contribution in [2.75, 3.05) is 19.8 Å². The van der Waals surface area contributed by atoms with Gasteiger partial charge < -0.3 is 0 Å². The highest BCUT2D eigenvalue weighted by Gasteiger charge is 2.06. The van der Waals surface area contributed by atoms with E-state index in [0.717, 1.165) is 19.3 Å². The van der Waals surface area contributed by atoms with Gasteiger partial charge in [-0.15, -0.1) is 0 Å². The summed E-state index contributed by atoms with van der Waals surface area (Å²) in [5, 5.41) is 1.24. The number of hydrogen-bond donors (Lipinski definition) is 0. The molecule has 0 atom stereocenters. The highest BCUT2D eigenvalue weighted by Crippen LogP contribution is 2.04. The fraction of sp³-hybridized carbons (Fsp3) is 1.00. The molecule has 0 spiro atoms. The Bertz CT molecular complexity index is 145. The van der Waals surface area contributed by atoms with Gasteiger partial charge in [-0.25, -0.2) is 0 Å². The second kappa shape index (κ2) is 18.9. The van der Waals surface area contributed by atoms with Crippen molar-refractivity contribution in [2.24, 2.45) is 0 Å². The Balaban J connectivity index is 0. The second-order valence-corrected chi connectivity index (χ2v) is 4.84. The van der Waals surface area contributed by atoms with Crippen LogP contribution in [-0.2, 0) is 14.5 Å². The van der Waals surface area contributed by atoms with E-state index in [4.69, 9.17) is 14.5 Å². The Morgan fingerprint density at radius 2 is 0.850 bits per heavy atom. The van der Waals surface area contributed by atoms with Crippen molar-refractivity contribution in [3.05, 3.63) is 0 Å². The summed E-state index contributed by atoms with van der Waals surface area (Å²) in [4.78, 5) is 16.5. The summed E-state index contributed by atoms with van der Waals surface area (Å²) in [6.07, 6.45) is 10.3. The molecular formula is C15H33BNO3. The molecule has 0 amide bonds. The van der Waals surface area contributed by atoms with E-state index in [9.17, 15) is 0 Å². The minimum Gasteiger partial charge on any atom is -0.251 e. The summed E-state index contributed by atoms with van der Waals surface area (Å²) in [6.45, 7) is 8.53. The Kier molecular flexibility index (Phi) is 21.0. The Morgan fingerprint density at radius 1 is 0.550 bits per heavy atom. The Labute approximate surface area is 127 Å². The van der Waals surface area contributed by atoms with Crippen LogP contribution < -0.4 is 0 Å². The van der Waals surface area contributed by atoms with Gasteiger partial charge >= 0.3 is 0 Å². The number of unbranched alkanes of at least 4 members (excludes halogenated alkanes) is 6. The molecule has 0 aliphatic carbocycles. The molecule has 4 nitrogen and oxygen atoms in total. The van der Waals surface area contributed by atoms with E-state index in [1.165, 1.54) is 43.9 Å². The first-order valence-corrected chi connectivity index (χ1v) is 8.04. The maximum absolute atomic E-state index is 5.49. The third-order valence-electron chi connectivity index (χ3n) is 2.83. The number of hydrogen-bond acceptors (Lipinski definition) is 4. The van der Waals surface area contributed by atoms with Crippen molar-refractivity contribution in [3.63, 3.8) is 0 Å². The first kappa shape index (κ1) is 22.2. The molecular weight excluding hydrogens is 253 g/mol. The molecule has 0 fully saturated rings. The molecule has 0 heterocycles. The van der Waals surface area contributed by atoms with Crippen molar-refractivity contribution >= 4 is 8.41 Å². The first-order chi connectivity index (χ1) is 9.35. The van der Waals surface area contributed by atoms with Crippen LogP contribution in [-0.4, -0.2) is 33.6 Å². The van der Waals surface area contributed by atoms with Crippen LogP contribution in [0.3, 0.4) is 0 Å². The van der Waals surface area contributed by atoms with Gasteiger partial charge in [0.05, 0.1) is 25.2 Å². The van der Waals surface area contributed by atoms with Crippen LogP contribution in [0.5, 0.6) is 0 Å². The van der Waals surface area contributed by atoms with Crippen LogP contribution in [0, 0.1) is 0 Å². The Morgan fingerprint density at radius 3 is 1.10 bits per heavy atom. The molecule has 0 aromatic heterocycles. The molecule has 0 aromatic rings. The van der Waals surface area contributed by atoms with Crippen LogP contribution in [0.1, 0.15) is 78.6 Å². The van der Waals surface area contributed by atoms with Crippen molar-refractivity contribution in [1.82, 2.24) is 5.39 Å². The summed E-state index contributed by atoms with van der Waals surface area (Å²) >= 11 is 0. The van der Waals surface area contributed by atoms with Gasteiger partial charge in [-0.3, -0.25) is 14.5 Å². The van der Waals surface area contributed by atoms with Gasteiger partial charge in [0.25, 0.3) is 0 Å². The lowest BCUT2D eigenvalue weighted by molar-refractivity contribution is -0.526. The smallest absolute Gasteiger partial charge is 0.0766 e. The largest absolute Gasteiger partial charge is 0.251 e. The van der Waals surface area contributed by atoms with E-state index < -0.39 is 0 Å². The van der Waals surface area contributed by atoms with Crippen LogP contribution >= 0.6 is 0 Å². The third kappa shape index (κ3) is 16.0. The van der Waals surface area contributed by atoms with Gasteiger partial charge in [-0.2, -0.15) is 0 Å². The van der Waals surface area contributed by atoms with Crippen LogP contribution in [0.25, 0.3) is 0 Å². The fourth-order valence-corrected chi connectivity index (χ4v) is 1.59. The zero-order valence-corrected chi connectivity index (χ0v) is 13.7. The van der Waals surface area contributed by atoms with Gasteiger partial charge in [0.2, 0.25) is 0 Å². The monoisotopic (exact) mass is 286 g/mol. The molecule has 0 aliphatic heterocycles. The predicted octanol–water partition coefficient (Wildman–Crippen LogP) is 4.27. The molecule has 0 aromatic carbocycles. The lowest BCUT2D eigenvalue weighted by atomic mass is 10.3. The van der Waals surface area contributed by atoms with Crippen LogP contribution in [0.2, 0.25) is 0 Å². The van der Waals surface area contributed by atoms with Crippen molar-refractivity contribution in [3.8, 4) is 0 Å². The van der Waals surface area contributed by atoms with E-state index in [-0.39, 0.29) is 8.41 Å². The van der Waals surface area contributed by atoms with Crippen LogP contribution in [0.15, 0.2) is 0 Å². The van der Waals surface area contributed by atoms with Crippen molar-refractivity contribution in [1.29, 1.82) is 0 Å². The normalized spacial score (nSPS) is 10.8. The molecule has 0 bridgehead atoms. The average Bonchev–Trinajstić information content (AvgIpc) is 2.43. The maximum Gasteiger partial charge on any atom is 0.0766 e. The van der Waals surface area contributed by atoms with Gasteiger partial charge in [0, 0.05) is 8.41 Å². The molecule has 5 heteroatoms. The summed E-state index contributed by atoms with van der Waals surface area (Å²) in [6, 6.07) is 0. The molecule has 0 N–H and O–H groups in total. The molecule has 0 unspecified atom stereocenters. The van der Waals surface area contributed by atoms with Crippen molar-refractivity contribution < 1.29 is 14.5 Å². The highest BCUT2D eigenvalue weighted by atomic mass is 17.2. The zero-order valence-electron chi connectivity index (χ0n) is 13.7. The van der Waals surface area contributed by atoms with Crippen molar-refractivity contribution in [2.45, 2.75) is 78.6 Å². The van der Waals surface area contributed by atoms with Crippen LogP contribution in [0.4, 0.5) is 0 Å². The van der Waals surface area contributed by atoms with Gasteiger partial charge in [0.1, 0.15) is 0 Å². The van der Waals surface area contributed by atoms with E-state index in [0.29, 0.717) is 19.8 Å². The van der Waals surface area contributed by atoms with E-state index >= 15 is 0 Å². The highest BCUT2D eigenvalue weighted by molar-refractivity contribution is 5.75. The summed E-state index contributed by atoms with van der Waals surface area (Å²) in [7, 11) is 0. The average molecular weight is 286 g/mol. The minimum atomic E-state index is 0. The predicted molar refractivity (Wildman–Crippen MR) is 84.0 cm³/mol. The SMILES string of the molecule is CCCCCON(OCCCCC)OCCCCC.[B]. The summed E-state index contributed by atoms with van der Waals surface area (Å²) in [5.74, 6) is 0. The minimum absolute atomic E-state index is 0. The first-order valence-electron chi connectivity index (χ1n) is 8.04. The Hall–Kier alpha value is -0.0951. The lowest BCUT2D eigenvalue weighted by Gasteiger charge is -2.19. The molecule has 0 saturated heterocycles. The molecule has 0 aliphatic rings. The van der Waals surface area contributed by atoms with E-state index in [2.05, 4.69) is 20.8 Å². The summed E-state index contributed by atoms with van der Waals surface area (Å²) < 4.78 is 0.